The van der Waals surface area contributed by atoms with E-state index < -0.39 is 17.7 Å². The van der Waals surface area contributed by atoms with Crippen LogP contribution in [0.5, 0.6) is 5.75 Å². The van der Waals surface area contributed by atoms with Crippen molar-refractivity contribution in [3.8, 4) is 5.75 Å². The van der Waals surface area contributed by atoms with Gasteiger partial charge in [-0.25, -0.2) is 0 Å². The third-order valence-electron chi connectivity index (χ3n) is 6.26. The molecule has 2 aromatic carbocycles. The van der Waals surface area contributed by atoms with Crippen LogP contribution in [0, 0.1) is 6.92 Å². The van der Waals surface area contributed by atoms with Crippen molar-refractivity contribution in [3.05, 3.63) is 70.9 Å². The number of carbonyl (C=O) groups excluding carboxylic acids is 2. The van der Waals surface area contributed by atoms with E-state index in [-0.39, 0.29) is 11.3 Å². The summed E-state index contributed by atoms with van der Waals surface area (Å²) in [4.78, 5) is 28.0. The Morgan fingerprint density at radius 1 is 1.15 bits per heavy atom. The Morgan fingerprint density at radius 2 is 1.91 bits per heavy atom. The molecule has 1 atom stereocenters. The van der Waals surface area contributed by atoms with Gasteiger partial charge < -0.3 is 24.0 Å². The number of carbonyl (C=O) groups is 2. The predicted octanol–water partition coefficient (Wildman–Crippen LogP) is 4.34. The van der Waals surface area contributed by atoms with Gasteiger partial charge in [0, 0.05) is 55.5 Å². The second kappa shape index (κ2) is 9.73. The molecule has 1 unspecified atom stereocenters. The molecule has 34 heavy (non-hydrogen) atoms. The number of fused-ring (bicyclic) bond motifs is 1. The van der Waals surface area contributed by atoms with Gasteiger partial charge in [0.25, 0.3) is 11.7 Å². The van der Waals surface area contributed by atoms with Crippen molar-refractivity contribution in [2.45, 2.75) is 26.3 Å². The molecule has 2 heterocycles. The molecular weight excluding hydrogens is 432 g/mol. The number of aliphatic hydroxyl groups is 1. The molecule has 178 valence electrons. The molecule has 1 amide bonds. The molecule has 1 aliphatic rings. The summed E-state index contributed by atoms with van der Waals surface area (Å²) in [6.07, 6.45) is 2.51. The molecule has 7 nitrogen and oxygen atoms in total. The highest BCUT2D eigenvalue weighted by molar-refractivity contribution is 6.46. The van der Waals surface area contributed by atoms with Crippen LogP contribution in [-0.2, 0) is 21.4 Å². The first-order valence-electron chi connectivity index (χ1n) is 11.4. The second-order valence-corrected chi connectivity index (χ2v) is 8.46. The molecule has 3 aromatic rings. The smallest absolute Gasteiger partial charge is 0.295 e. The van der Waals surface area contributed by atoms with Crippen LogP contribution < -0.4 is 4.74 Å². The van der Waals surface area contributed by atoms with E-state index in [1.165, 1.54) is 0 Å². The lowest BCUT2D eigenvalue weighted by atomic mass is 9.94. The van der Waals surface area contributed by atoms with Crippen molar-refractivity contribution in [2.24, 2.45) is 7.05 Å². The molecule has 0 spiro atoms. The number of ketones is 1. The standard InChI is InChI=1S/C27H30N2O5/c1-5-34-22-12-11-18(15-17(22)2)25(30)23-24(29(13-8-14-33-4)27(32)26(23)31)20-16-28(3)21-10-7-6-9-19(20)21/h6-7,9-12,15-16,24,30H,5,8,13-14H2,1-4H3/b25-23+. The Morgan fingerprint density at radius 3 is 2.62 bits per heavy atom. The molecule has 0 saturated carbocycles. The van der Waals surface area contributed by atoms with E-state index in [1.54, 1.807) is 30.2 Å². The van der Waals surface area contributed by atoms with Gasteiger partial charge in [-0.3, -0.25) is 9.59 Å². The average molecular weight is 463 g/mol. The number of para-hydroxylation sites is 1. The molecule has 1 aromatic heterocycles. The Labute approximate surface area is 199 Å². The number of likely N-dealkylation sites (tertiary alicyclic amines) is 1. The van der Waals surface area contributed by atoms with Gasteiger partial charge >= 0.3 is 0 Å². The summed E-state index contributed by atoms with van der Waals surface area (Å²) in [5.41, 5.74) is 3.20. The molecular formula is C27H30N2O5. The summed E-state index contributed by atoms with van der Waals surface area (Å²) in [7, 11) is 3.53. The van der Waals surface area contributed by atoms with Crippen molar-refractivity contribution in [1.29, 1.82) is 0 Å². The third kappa shape index (κ3) is 4.07. The highest BCUT2D eigenvalue weighted by Crippen LogP contribution is 2.42. The molecule has 1 fully saturated rings. The lowest BCUT2D eigenvalue weighted by molar-refractivity contribution is -0.140. The Balaban J connectivity index is 1.89. The number of ether oxygens (including phenoxy) is 2. The minimum Gasteiger partial charge on any atom is -0.507 e. The predicted molar refractivity (Wildman–Crippen MR) is 131 cm³/mol. The van der Waals surface area contributed by atoms with E-state index in [0.29, 0.717) is 37.5 Å². The van der Waals surface area contributed by atoms with Crippen LogP contribution in [0.15, 0.2) is 54.2 Å². The first-order chi connectivity index (χ1) is 16.4. The zero-order valence-corrected chi connectivity index (χ0v) is 20.0. The summed E-state index contributed by atoms with van der Waals surface area (Å²) >= 11 is 0. The number of aromatic nitrogens is 1. The maximum absolute atomic E-state index is 13.3. The zero-order chi connectivity index (χ0) is 24.4. The summed E-state index contributed by atoms with van der Waals surface area (Å²) < 4.78 is 12.7. The van der Waals surface area contributed by atoms with Crippen LogP contribution >= 0.6 is 0 Å². The largest absolute Gasteiger partial charge is 0.507 e. The van der Waals surface area contributed by atoms with Crippen LogP contribution in [0.3, 0.4) is 0 Å². The van der Waals surface area contributed by atoms with Gasteiger partial charge in [0.1, 0.15) is 11.5 Å². The van der Waals surface area contributed by atoms with Crippen molar-refractivity contribution in [3.63, 3.8) is 0 Å². The molecule has 1 saturated heterocycles. The molecule has 7 heteroatoms. The summed E-state index contributed by atoms with van der Waals surface area (Å²) in [6.45, 7) is 5.12. The van der Waals surface area contributed by atoms with Crippen molar-refractivity contribution in [1.82, 2.24) is 9.47 Å². The minimum absolute atomic E-state index is 0.0994. The fourth-order valence-corrected chi connectivity index (χ4v) is 4.67. The summed E-state index contributed by atoms with van der Waals surface area (Å²) in [5, 5.41) is 12.3. The zero-order valence-electron chi connectivity index (χ0n) is 20.0. The number of amides is 1. The molecule has 4 rings (SSSR count). The van der Waals surface area contributed by atoms with Gasteiger partial charge in [0.2, 0.25) is 0 Å². The first kappa shape index (κ1) is 23.6. The van der Waals surface area contributed by atoms with Gasteiger partial charge in [-0.2, -0.15) is 0 Å². The van der Waals surface area contributed by atoms with Crippen LogP contribution in [0.4, 0.5) is 0 Å². The van der Waals surface area contributed by atoms with Gasteiger partial charge in [0.05, 0.1) is 18.2 Å². The molecule has 0 radical (unpaired) electrons. The van der Waals surface area contributed by atoms with Crippen LogP contribution in [-0.4, -0.2) is 53.1 Å². The number of aliphatic hydroxyl groups excluding tert-OH is 1. The van der Waals surface area contributed by atoms with E-state index >= 15 is 0 Å². The number of aryl methyl sites for hydroxylation is 2. The number of nitrogens with zero attached hydrogens (tertiary/aromatic N) is 2. The van der Waals surface area contributed by atoms with Crippen LogP contribution in [0.1, 0.15) is 36.1 Å². The lowest BCUT2D eigenvalue weighted by Crippen LogP contribution is -2.31. The fourth-order valence-electron chi connectivity index (χ4n) is 4.67. The quantitative estimate of drug-likeness (QED) is 0.233. The number of Topliss-reactive ketones (excluding diaryl/α,β-unsaturated/α-hetero) is 1. The Bertz CT molecular complexity index is 1270. The molecule has 1 N–H and O–H groups in total. The number of hydrogen-bond donors (Lipinski definition) is 1. The minimum atomic E-state index is -0.699. The van der Waals surface area contributed by atoms with E-state index in [2.05, 4.69) is 0 Å². The maximum Gasteiger partial charge on any atom is 0.295 e. The fraction of sp³-hybridized carbons (Fsp3) is 0.333. The first-order valence-corrected chi connectivity index (χ1v) is 11.4. The van der Waals surface area contributed by atoms with Crippen molar-refractivity contribution < 1.29 is 24.2 Å². The van der Waals surface area contributed by atoms with Crippen LogP contribution in [0.2, 0.25) is 0 Å². The van der Waals surface area contributed by atoms with E-state index in [4.69, 9.17) is 9.47 Å². The molecule has 0 bridgehead atoms. The number of methoxy groups -OCH3 is 1. The lowest BCUT2D eigenvalue weighted by Gasteiger charge is -2.25. The highest BCUT2D eigenvalue weighted by atomic mass is 16.5. The molecule has 1 aliphatic heterocycles. The Kier molecular flexibility index (Phi) is 6.75. The third-order valence-corrected chi connectivity index (χ3v) is 6.26. The monoisotopic (exact) mass is 462 g/mol. The second-order valence-electron chi connectivity index (χ2n) is 8.46. The van der Waals surface area contributed by atoms with Gasteiger partial charge in [-0.15, -0.1) is 0 Å². The van der Waals surface area contributed by atoms with Crippen molar-refractivity contribution in [2.75, 3.05) is 26.9 Å². The normalized spacial score (nSPS) is 17.6. The van der Waals surface area contributed by atoms with Gasteiger partial charge in [-0.1, -0.05) is 18.2 Å². The average Bonchev–Trinajstić information content (AvgIpc) is 3.29. The molecule has 0 aliphatic carbocycles. The number of hydrogen-bond acceptors (Lipinski definition) is 5. The van der Waals surface area contributed by atoms with E-state index in [9.17, 15) is 14.7 Å². The Hall–Kier alpha value is -3.58. The SMILES string of the molecule is CCOc1ccc(/C(O)=C2\C(=O)C(=O)N(CCCOC)C2c2cn(C)c3ccccc23)cc1C. The summed E-state index contributed by atoms with van der Waals surface area (Å²) in [6, 6.07) is 12.4. The van der Waals surface area contributed by atoms with Crippen molar-refractivity contribution >= 4 is 28.4 Å². The van der Waals surface area contributed by atoms with Crippen LogP contribution in [0.25, 0.3) is 16.7 Å². The number of benzene rings is 2. The maximum atomic E-state index is 13.3. The number of rotatable bonds is 8. The van der Waals surface area contributed by atoms with E-state index in [0.717, 1.165) is 22.0 Å². The van der Waals surface area contributed by atoms with Gasteiger partial charge in [-0.05, 0) is 50.1 Å². The highest BCUT2D eigenvalue weighted by Gasteiger charge is 2.46. The summed E-state index contributed by atoms with van der Waals surface area (Å²) in [5.74, 6) is -0.765. The topological polar surface area (TPSA) is 81.0 Å². The van der Waals surface area contributed by atoms with E-state index in [1.807, 2.05) is 55.9 Å². The van der Waals surface area contributed by atoms with Gasteiger partial charge in [0.15, 0.2) is 0 Å².